The van der Waals surface area contributed by atoms with Crippen molar-refractivity contribution in [1.29, 1.82) is 0 Å². The first kappa shape index (κ1) is 17.0. The van der Waals surface area contributed by atoms with Crippen LogP contribution in [0.25, 0.3) is 0 Å². The fourth-order valence-corrected chi connectivity index (χ4v) is 2.94. The van der Waals surface area contributed by atoms with Gasteiger partial charge in [-0.25, -0.2) is 4.79 Å². The fraction of sp³-hybridized carbons (Fsp3) is 0.167. The molecule has 0 spiro atoms. The normalized spacial score (nSPS) is 10.7. The molecule has 0 unspecified atom stereocenters. The Hall–Kier alpha value is -2.80. The molecule has 6 nitrogen and oxygen atoms in total. The molecule has 128 valence electrons. The number of carbonyl (C=O) groups is 1. The van der Waals surface area contributed by atoms with Crippen LogP contribution in [0.15, 0.2) is 69.2 Å². The molecule has 0 atom stereocenters. The monoisotopic (exact) mass is 354 g/mol. The standard InChI is InChI=1S/C18H18N4O2S/c1-12(2)16-11-17(24-22-16)21-18(23)20-13-4-3-5-15(10-13)25-14-6-8-19-9-7-14/h3-12H,1-2H3,(H2,20,21,23). The average Bonchev–Trinajstić information content (AvgIpc) is 3.05. The summed E-state index contributed by atoms with van der Waals surface area (Å²) < 4.78 is 5.11. The number of hydrogen-bond acceptors (Lipinski definition) is 5. The fourth-order valence-electron chi connectivity index (χ4n) is 2.07. The summed E-state index contributed by atoms with van der Waals surface area (Å²) in [6, 6.07) is 12.8. The number of benzene rings is 1. The van der Waals surface area contributed by atoms with Crippen molar-refractivity contribution in [1.82, 2.24) is 10.1 Å². The number of rotatable bonds is 5. The number of hydrogen-bond donors (Lipinski definition) is 2. The number of aromatic nitrogens is 2. The van der Waals surface area contributed by atoms with E-state index < -0.39 is 0 Å². The second-order valence-corrected chi connectivity index (χ2v) is 6.81. The lowest BCUT2D eigenvalue weighted by Crippen LogP contribution is -2.19. The molecular formula is C18H18N4O2S. The molecule has 0 aliphatic carbocycles. The number of pyridine rings is 1. The summed E-state index contributed by atoms with van der Waals surface area (Å²) in [5, 5.41) is 9.34. The van der Waals surface area contributed by atoms with Gasteiger partial charge in [0.2, 0.25) is 5.88 Å². The Bertz CT molecular complexity index is 849. The van der Waals surface area contributed by atoms with E-state index in [-0.39, 0.29) is 11.9 Å². The second kappa shape index (κ2) is 7.85. The molecule has 0 fully saturated rings. The Labute approximate surface area is 150 Å². The highest BCUT2D eigenvalue weighted by atomic mass is 32.2. The van der Waals surface area contributed by atoms with E-state index in [2.05, 4.69) is 20.8 Å². The lowest BCUT2D eigenvalue weighted by Gasteiger charge is -2.07. The Morgan fingerprint density at radius 3 is 2.60 bits per heavy atom. The van der Waals surface area contributed by atoms with Gasteiger partial charge in [0.25, 0.3) is 0 Å². The maximum atomic E-state index is 12.1. The van der Waals surface area contributed by atoms with Gasteiger partial charge in [-0.05, 0) is 36.2 Å². The molecule has 2 amide bonds. The first-order valence-corrected chi connectivity index (χ1v) is 8.64. The van der Waals surface area contributed by atoms with E-state index in [9.17, 15) is 4.79 Å². The Balaban J connectivity index is 1.62. The van der Waals surface area contributed by atoms with Crippen molar-refractivity contribution in [3.05, 3.63) is 60.6 Å². The molecule has 0 saturated heterocycles. The van der Waals surface area contributed by atoms with E-state index in [1.54, 1.807) is 30.2 Å². The molecule has 25 heavy (non-hydrogen) atoms. The third-order valence-electron chi connectivity index (χ3n) is 3.33. The van der Waals surface area contributed by atoms with Crippen molar-refractivity contribution in [2.45, 2.75) is 29.6 Å². The highest BCUT2D eigenvalue weighted by Crippen LogP contribution is 2.28. The summed E-state index contributed by atoms with van der Waals surface area (Å²) in [4.78, 5) is 18.2. The molecule has 1 aromatic carbocycles. The molecule has 3 aromatic rings. The molecule has 0 radical (unpaired) electrons. The van der Waals surface area contributed by atoms with Crippen molar-refractivity contribution < 1.29 is 9.32 Å². The van der Waals surface area contributed by atoms with Crippen LogP contribution in [0.1, 0.15) is 25.5 Å². The zero-order valence-electron chi connectivity index (χ0n) is 13.9. The highest BCUT2D eigenvalue weighted by molar-refractivity contribution is 7.99. The third kappa shape index (κ3) is 4.84. The number of urea groups is 1. The first-order valence-electron chi connectivity index (χ1n) is 7.83. The molecule has 0 aliphatic heterocycles. The lowest BCUT2D eigenvalue weighted by molar-refractivity contribution is 0.261. The molecule has 0 saturated carbocycles. The molecular weight excluding hydrogens is 336 g/mol. The van der Waals surface area contributed by atoms with E-state index in [1.807, 2.05) is 50.2 Å². The van der Waals surface area contributed by atoms with Crippen molar-refractivity contribution in [3.63, 3.8) is 0 Å². The van der Waals surface area contributed by atoms with Crippen LogP contribution in [0.5, 0.6) is 0 Å². The predicted octanol–water partition coefficient (Wildman–Crippen LogP) is 4.99. The first-order chi connectivity index (χ1) is 12.1. The predicted molar refractivity (Wildman–Crippen MR) is 98.0 cm³/mol. The minimum atomic E-state index is -0.377. The van der Waals surface area contributed by atoms with Crippen LogP contribution in [0.3, 0.4) is 0 Å². The van der Waals surface area contributed by atoms with Crippen LogP contribution in [0.2, 0.25) is 0 Å². The van der Waals surface area contributed by atoms with Gasteiger partial charge < -0.3 is 9.84 Å². The van der Waals surface area contributed by atoms with Crippen molar-refractivity contribution in [2.75, 3.05) is 10.6 Å². The zero-order valence-corrected chi connectivity index (χ0v) is 14.7. The lowest BCUT2D eigenvalue weighted by atomic mass is 10.1. The summed E-state index contributed by atoms with van der Waals surface area (Å²) >= 11 is 1.60. The van der Waals surface area contributed by atoms with Gasteiger partial charge in [-0.3, -0.25) is 10.3 Å². The van der Waals surface area contributed by atoms with Crippen molar-refractivity contribution >= 4 is 29.4 Å². The minimum Gasteiger partial charge on any atom is -0.338 e. The van der Waals surface area contributed by atoms with E-state index >= 15 is 0 Å². The van der Waals surface area contributed by atoms with Crippen molar-refractivity contribution in [3.8, 4) is 0 Å². The zero-order chi connectivity index (χ0) is 17.6. The highest BCUT2D eigenvalue weighted by Gasteiger charge is 2.10. The molecule has 2 heterocycles. The smallest absolute Gasteiger partial charge is 0.326 e. The van der Waals surface area contributed by atoms with Gasteiger partial charge in [-0.1, -0.05) is 36.8 Å². The average molecular weight is 354 g/mol. The van der Waals surface area contributed by atoms with E-state index in [0.29, 0.717) is 11.6 Å². The molecule has 0 aliphatic rings. The largest absolute Gasteiger partial charge is 0.338 e. The van der Waals surface area contributed by atoms with Gasteiger partial charge in [0.15, 0.2) is 0 Å². The Morgan fingerprint density at radius 1 is 1.08 bits per heavy atom. The van der Waals surface area contributed by atoms with Gasteiger partial charge >= 0.3 is 6.03 Å². The summed E-state index contributed by atoms with van der Waals surface area (Å²) in [7, 11) is 0. The maximum Gasteiger partial charge on any atom is 0.326 e. The topological polar surface area (TPSA) is 80.0 Å². The summed E-state index contributed by atoms with van der Waals surface area (Å²) in [5.41, 5.74) is 1.49. The van der Waals surface area contributed by atoms with Crippen LogP contribution < -0.4 is 10.6 Å². The summed E-state index contributed by atoms with van der Waals surface area (Å²) in [6.45, 7) is 4.02. The molecule has 2 N–H and O–H groups in total. The minimum absolute atomic E-state index is 0.240. The second-order valence-electron chi connectivity index (χ2n) is 5.66. The van der Waals surface area contributed by atoms with Crippen LogP contribution in [0, 0.1) is 0 Å². The summed E-state index contributed by atoms with van der Waals surface area (Å²) in [5.74, 6) is 0.563. The number of carbonyl (C=O) groups excluding carboxylic acids is 1. The number of amides is 2. The Morgan fingerprint density at radius 2 is 1.88 bits per heavy atom. The maximum absolute atomic E-state index is 12.1. The Kier molecular flexibility index (Phi) is 5.35. The molecule has 7 heteroatoms. The van der Waals surface area contributed by atoms with E-state index in [0.717, 1.165) is 15.5 Å². The van der Waals surface area contributed by atoms with Crippen molar-refractivity contribution in [2.24, 2.45) is 0 Å². The number of nitrogens with one attached hydrogen (secondary N) is 2. The van der Waals surface area contributed by atoms with Gasteiger partial charge in [-0.15, -0.1) is 0 Å². The van der Waals surface area contributed by atoms with Gasteiger partial charge in [0, 0.05) is 33.9 Å². The number of anilines is 2. The SMILES string of the molecule is CC(C)c1cc(NC(=O)Nc2cccc(Sc3ccncc3)c2)on1. The van der Waals surface area contributed by atoms with Gasteiger partial charge in [0.1, 0.15) is 0 Å². The van der Waals surface area contributed by atoms with Crippen LogP contribution in [-0.2, 0) is 0 Å². The van der Waals surface area contributed by atoms with E-state index in [1.165, 1.54) is 0 Å². The van der Waals surface area contributed by atoms with Gasteiger partial charge in [-0.2, -0.15) is 0 Å². The van der Waals surface area contributed by atoms with E-state index in [4.69, 9.17) is 4.52 Å². The van der Waals surface area contributed by atoms with Crippen LogP contribution >= 0.6 is 11.8 Å². The number of nitrogens with zero attached hydrogens (tertiary/aromatic N) is 2. The quantitative estimate of drug-likeness (QED) is 0.675. The molecule has 2 aromatic heterocycles. The van der Waals surface area contributed by atoms with Crippen LogP contribution in [-0.4, -0.2) is 16.2 Å². The van der Waals surface area contributed by atoms with Crippen LogP contribution in [0.4, 0.5) is 16.4 Å². The molecule has 3 rings (SSSR count). The summed E-state index contributed by atoms with van der Waals surface area (Å²) in [6.07, 6.45) is 3.50. The third-order valence-corrected chi connectivity index (χ3v) is 4.33. The molecule has 0 bridgehead atoms. The van der Waals surface area contributed by atoms with Gasteiger partial charge in [0.05, 0.1) is 5.69 Å².